The molecular weight excluding hydrogens is 374 g/mol. The van der Waals surface area contributed by atoms with E-state index in [1.54, 1.807) is 12.4 Å². The quantitative estimate of drug-likeness (QED) is 0.731. The standard InChI is InChI=1S/C25H29N3O2/c29-22(17-19-7-6-14-26-18-19)27-15-10-21(11-16-27)28-23(20-8-2-1-3-9-20)25(24(28)30)12-4-5-13-25/h1-3,6-9,14,18,21,23H,4-5,10-13,15-17H2. The predicted molar refractivity (Wildman–Crippen MR) is 114 cm³/mol. The molecule has 3 heterocycles. The summed E-state index contributed by atoms with van der Waals surface area (Å²) in [5.74, 6) is 0.511. The highest BCUT2D eigenvalue weighted by Crippen LogP contribution is 2.60. The molecule has 30 heavy (non-hydrogen) atoms. The fourth-order valence-corrected chi connectivity index (χ4v) is 5.86. The molecule has 1 saturated carbocycles. The number of amides is 2. The van der Waals surface area contributed by atoms with Crippen molar-refractivity contribution >= 4 is 11.8 Å². The highest BCUT2D eigenvalue weighted by atomic mass is 16.2. The summed E-state index contributed by atoms with van der Waals surface area (Å²) in [6.07, 6.45) is 9.96. The van der Waals surface area contributed by atoms with Gasteiger partial charge in [0.15, 0.2) is 0 Å². The van der Waals surface area contributed by atoms with Crippen molar-refractivity contribution in [3.8, 4) is 0 Å². The summed E-state index contributed by atoms with van der Waals surface area (Å²) in [6, 6.07) is 14.8. The molecule has 3 aliphatic rings. The van der Waals surface area contributed by atoms with E-state index in [0.29, 0.717) is 12.3 Å². The Labute approximate surface area is 178 Å². The molecule has 156 valence electrons. The number of carbonyl (C=O) groups excluding carboxylic acids is 2. The molecule has 1 spiro atoms. The number of piperidine rings is 1. The van der Waals surface area contributed by atoms with Crippen molar-refractivity contribution in [2.24, 2.45) is 5.41 Å². The van der Waals surface area contributed by atoms with Crippen molar-refractivity contribution in [1.29, 1.82) is 0 Å². The van der Waals surface area contributed by atoms with Crippen LogP contribution in [0.4, 0.5) is 0 Å². The molecule has 1 aromatic carbocycles. The Hall–Kier alpha value is -2.69. The zero-order valence-electron chi connectivity index (χ0n) is 17.4. The van der Waals surface area contributed by atoms with E-state index in [1.807, 2.05) is 23.1 Å². The van der Waals surface area contributed by atoms with Crippen LogP contribution in [0, 0.1) is 5.41 Å². The van der Waals surface area contributed by atoms with Crippen molar-refractivity contribution in [2.75, 3.05) is 13.1 Å². The van der Waals surface area contributed by atoms with Crippen molar-refractivity contribution < 1.29 is 9.59 Å². The van der Waals surface area contributed by atoms with Gasteiger partial charge in [-0.25, -0.2) is 0 Å². The average Bonchev–Trinajstić information content (AvgIpc) is 3.31. The molecule has 5 rings (SSSR count). The Kier molecular flexibility index (Phi) is 5.05. The summed E-state index contributed by atoms with van der Waals surface area (Å²) in [5.41, 5.74) is 2.05. The average molecular weight is 404 g/mol. The van der Waals surface area contributed by atoms with Crippen LogP contribution >= 0.6 is 0 Å². The summed E-state index contributed by atoms with van der Waals surface area (Å²) in [7, 11) is 0. The molecule has 5 heteroatoms. The van der Waals surface area contributed by atoms with Gasteiger partial charge in [0.1, 0.15) is 0 Å². The van der Waals surface area contributed by atoms with Gasteiger partial charge in [-0.2, -0.15) is 0 Å². The van der Waals surface area contributed by atoms with E-state index >= 15 is 0 Å². The maximum absolute atomic E-state index is 13.4. The Morgan fingerprint density at radius 3 is 2.43 bits per heavy atom. The molecule has 1 atom stereocenters. The molecule has 5 nitrogen and oxygen atoms in total. The number of carbonyl (C=O) groups is 2. The second-order valence-corrected chi connectivity index (χ2v) is 9.04. The lowest BCUT2D eigenvalue weighted by Crippen LogP contribution is -2.66. The van der Waals surface area contributed by atoms with Gasteiger partial charge in [0, 0.05) is 31.5 Å². The molecule has 2 saturated heterocycles. The van der Waals surface area contributed by atoms with Crippen LogP contribution in [0.15, 0.2) is 54.9 Å². The first-order valence-electron chi connectivity index (χ1n) is 11.2. The topological polar surface area (TPSA) is 53.5 Å². The van der Waals surface area contributed by atoms with Crippen molar-refractivity contribution in [2.45, 2.75) is 57.0 Å². The van der Waals surface area contributed by atoms with Gasteiger partial charge in [-0.15, -0.1) is 0 Å². The van der Waals surface area contributed by atoms with E-state index in [0.717, 1.165) is 57.2 Å². The number of benzene rings is 1. The molecule has 1 aliphatic carbocycles. The van der Waals surface area contributed by atoms with Gasteiger partial charge in [0.25, 0.3) is 0 Å². The van der Waals surface area contributed by atoms with Crippen LogP contribution in [0.5, 0.6) is 0 Å². The van der Waals surface area contributed by atoms with Gasteiger partial charge in [-0.1, -0.05) is 49.2 Å². The normalized spacial score (nSPS) is 23.6. The second-order valence-electron chi connectivity index (χ2n) is 9.04. The largest absolute Gasteiger partial charge is 0.342 e. The third kappa shape index (κ3) is 3.21. The molecule has 1 unspecified atom stereocenters. The molecule has 0 bridgehead atoms. The van der Waals surface area contributed by atoms with Gasteiger partial charge >= 0.3 is 0 Å². The number of likely N-dealkylation sites (tertiary alicyclic amines) is 2. The first-order chi connectivity index (χ1) is 14.7. The van der Waals surface area contributed by atoms with Crippen molar-refractivity contribution in [1.82, 2.24) is 14.8 Å². The molecule has 3 fully saturated rings. The summed E-state index contributed by atoms with van der Waals surface area (Å²) >= 11 is 0. The van der Waals surface area contributed by atoms with Crippen LogP contribution in [0.2, 0.25) is 0 Å². The van der Waals surface area contributed by atoms with Gasteiger partial charge < -0.3 is 9.80 Å². The minimum Gasteiger partial charge on any atom is -0.342 e. The summed E-state index contributed by atoms with van der Waals surface area (Å²) in [6.45, 7) is 1.45. The van der Waals surface area contributed by atoms with E-state index in [-0.39, 0.29) is 23.4 Å². The predicted octanol–water partition coefficient (Wildman–Crippen LogP) is 3.76. The number of aromatic nitrogens is 1. The molecule has 0 N–H and O–H groups in total. The van der Waals surface area contributed by atoms with Crippen LogP contribution in [0.1, 0.15) is 55.7 Å². The fraction of sp³-hybridized carbons (Fsp3) is 0.480. The second kappa shape index (κ2) is 7.86. The summed E-state index contributed by atoms with van der Waals surface area (Å²) in [5, 5.41) is 0. The SMILES string of the molecule is O=C(Cc1cccnc1)N1CCC(N2C(=O)C3(CCCC3)C2c2ccccc2)CC1. The van der Waals surface area contributed by atoms with E-state index in [9.17, 15) is 9.59 Å². The number of hydrogen-bond acceptors (Lipinski definition) is 3. The lowest BCUT2D eigenvalue weighted by molar-refractivity contribution is -0.181. The molecule has 1 aromatic heterocycles. The van der Waals surface area contributed by atoms with Crippen LogP contribution in [-0.2, 0) is 16.0 Å². The lowest BCUT2D eigenvalue weighted by atomic mass is 9.65. The van der Waals surface area contributed by atoms with E-state index < -0.39 is 0 Å². The minimum atomic E-state index is -0.172. The van der Waals surface area contributed by atoms with E-state index in [1.165, 1.54) is 5.56 Å². The molecular formula is C25H29N3O2. The monoisotopic (exact) mass is 403 g/mol. The number of hydrogen-bond donors (Lipinski definition) is 0. The lowest BCUT2D eigenvalue weighted by Gasteiger charge is -2.59. The molecule has 2 amide bonds. The van der Waals surface area contributed by atoms with Crippen molar-refractivity contribution in [3.05, 3.63) is 66.0 Å². The number of β-lactam (4-membered cyclic amide) rings is 1. The third-order valence-corrected chi connectivity index (χ3v) is 7.36. The Bertz CT molecular complexity index is 901. The van der Waals surface area contributed by atoms with Crippen LogP contribution < -0.4 is 0 Å². The van der Waals surface area contributed by atoms with Crippen LogP contribution in [0.25, 0.3) is 0 Å². The van der Waals surface area contributed by atoms with E-state index in [2.05, 4.69) is 34.1 Å². The highest BCUT2D eigenvalue weighted by Gasteiger charge is 2.63. The van der Waals surface area contributed by atoms with Gasteiger partial charge in [-0.05, 0) is 42.9 Å². The first-order valence-corrected chi connectivity index (χ1v) is 11.2. The highest BCUT2D eigenvalue weighted by molar-refractivity contribution is 5.91. The smallest absolute Gasteiger partial charge is 0.232 e. The number of rotatable bonds is 4. The van der Waals surface area contributed by atoms with Gasteiger partial charge in [0.2, 0.25) is 11.8 Å². The Morgan fingerprint density at radius 2 is 1.77 bits per heavy atom. The Morgan fingerprint density at radius 1 is 1.03 bits per heavy atom. The third-order valence-electron chi connectivity index (χ3n) is 7.36. The number of nitrogens with zero attached hydrogens (tertiary/aromatic N) is 3. The fourth-order valence-electron chi connectivity index (χ4n) is 5.86. The van der Waals surface area contributed by atoms with Gasteiger partial charge in [-0.3, -0.25) is 14.6 Å². The summed E-state index contributed by atoms with van der Waals surface area (Å²) < 4.78 is 0. The number of pyridine rings is 1. The Balaban J connectivity index is 1.27. The minimum absolute atomic E-state index is 0.156. The molecule has 2 aromatic rings. The van der Waals surface area contributed by atoms with Crippen molar-refractivity contribution in [3.63, 3.8) is 0 Å². The summed E-state index contributed by atoms with van der Waals surface area (Å²) in [4.78, 5) is 34.3. The van der Waals surface area contributed by atoms with E-state index in [4.69, 9.17) is 0 Å². The maximum Gasteiger partial charge on any atom is 0.232 e. The zero-order valence-corrected chi connectivity index (χ0v) is 17.4. The van der Waals surface area contributed by atoms with Crippen LogP contribution in [-0.4, -0.2) is 45.7 Å². The van der Waals surface area contributed by atoms with Crippen LogP contribution in [0.3, 0.4) is 0 Å². The molecule has 2 aliphatic heterocycles. The molecule has 0 radical (unpaired) electrons. The van der Waals surface area contributed by atoms with Gasteiger partial charge in [0.05, 0.1) is 17.9 Å². The maximum atomic E-state index is 13.4. The zero-order chi connectivity index (χ0) is 20.6. The first kappa shape index (κ1) is 19.3.